The first-order valence-electron chi connectivity index (χ1n) is 11.7. The van der Waals surface area contributed by atoms with Crippen LogP contribution in [0.3, 0.4) is 0 Å². The molecule has 0 bridgehead atoms. The number of para-hydroxylation sites is 1. The second kappa shape index (κ2) is 8.28. The van der Waals surface area contributed by atoms with Gasteiger partial charge in [0.25, 0.3) is 5.91 Å². The Balaban J connectivity index is 1.55. The van der Waals surface area contributed by atoms with Gasteiger partial charge in [0.05, 0.1) is 32.0 Å². The molecule has 5 rings (SSSR count). The van der Waals surface area contributed by atoms with E-state index in [0.717, 1.165) is 30.3 Å². The Labute approximate surface area is 193 Å². The van der Waals surface area contributed by atoms with Crippen LogP contribution in [0.4, 0.5) is 0 Å². The molecule has 3 atom stereocenters. The first-order chi connectivity index (χ1) is 15.9. The number of ether oxygens (including phenoxy) is 1. The fraction of sp³-hybridized carbons (Fsp3) is 0.462. The van der Waals surface area contributed by atoms with Crippen LogP contribution in [0.1, 0.15) is 55.6 Å². The van der Waals surface area contributed by atoms with Gasteiger partial charge in [-0.05, 0) is 31.7 Å². The summed E-state index contributed by atoms with van der Waals surface area (Å²) in [5.74, 6) is 0.827. The van der Waals surface area contributed by atoms with Crippen molar-refractivity contribution >= 4 is 22.9 Å². The SMILES string of the molecule is COc1ccccc1CN1C(=O)c2cc3occc3n2C[C@]1(C)C(=O)N[C@H]1CCCC[C@@H]1C. The summed E-state index contributed by atoms with van der Waals surface area (Å²) in [6.07, 6.45) is 6.03. The number of carbonyl (C=O) groups excluding carboxylic acids is 2. The molecule has 1 fully saturated rings. The minimum absolute atomic E-state index is 0.111. The Bertz CT molecular complexity index is 1200. The first kappa shape index (κ1) is 21.6. The van der Waals surface area contributed by atoms with Crippen LogP contribution in [0.5, 0.6) is 5.75 Å². The molecule has 1 N–H and O–H groups in total. The van der Waals surface area contributed by atoms with Crippen molar-refractivity contribution in [2.45, 2.75) is 64.2 Å². The molecule has 3 aromatic rings. The van der Waals surface area contributed by atoms with E-state index in [4.69, 9.17) is 9.15 Å². The van der Waals surface area contributed by atoms with E-state index < -0.39 is 5.54 Å². The number of nitrogens with one attached hydrogen (secondary N) is 1. The van der Waals surface area contributed by atoms with Gasteiger partial charge >= 0.3 is 0 Å². The maximum absolute atomic E-state index is 13.9. The zero-order valence-corrected chi connectivity index (χ0v) is 19.5. The molecule has 1 aliphatic heterocycles. The molecule has 1 aromatic carbocycles. The molecule has 33 heavy (non-hydrogen) atoms. The molecule has 174 valence electrons. The van der Waals surface area contributed by atoms with Crippen LogP contribution >= 0.6 is 0 Å². The van der Waals surface area contributed by atoms with Gasteiger partial charge in [-0.1, -0.05) is 38.0 Å². The monoisotopic (exact) mass is 449 g/mol. The molecule has 7 heteroatoms. The van der Waals surface area contributed by atoms with E-state index in [2.05, 4.69) is 12.2 Å². The van der Waals surface area contributed by atoms with Crippen LogP contribution in [0, 0.1) is 5.92 Å². The van der Waals surface area contributed by atoms with Gasteiger partial charge in [-0.3, -0.25) is 9.59 Å². The molecule has 7 nitrogen and oxygen atoms in total. The number of benzene rings is 1. The third-order valence-electron chi connectivity index (χ3n) is 7.49. The molecule has 0 saturated heterocycles. The van der Waals surface area contributed by atoms with Crippen molar-refractivity contribution in [1.82, 2.24) is 14.8 Å². The van der Waals surface area contributed by atoms with Crippen molar-refractivity contribution in [3.63, 3.8) is 0 Å². The summed E-state index contributed by atoms with van der Waals surface area (Å²) in [5.41, 5.74) is 1.82. The number of furan rings is 1. The largest absolute Gasteiger partial charge is 0.496 e. The summed E-state index contributed by atoms with van der Waals surface area (Å²) in [6.45, 7) is 4.71. The normalized spacial score (nSPS) is 25.2. The Morgan fingerprint density at radius 3 is 2.82 bits per heavy atom. The van der Waals surface area contributed by atoms with Crippen LogP contribution in [0.25, 0.3) is 11.1 Å². The molecule has 1 aliphatic carbocycles. The molecule has 1 saturated carbocycles. The topological polar surface area (TPSA) is 76.7 Å². The molecule has 2 aromatic heterocycles. The van der Waals surface area contributed by atoms with Gasteiger partial charge in [0.15, 0.2) is 5.58 Å². The van der Waals surface area contributed by atoms with E-state index in [1.54, 1.807) is 24.3 Å². The number of fused-ring (bicyclic) bond motifs is 3. The van der Waals surface area contributed by atoms with Gasteiger partial charge in [0, 0.05) is 23.7 Å². The van der Waals surface area contributed by atoms with Gasteiger partial charge in [0.1, 0.15) is 17.0 Å². The van der Waals surface area contributed by atoms with Gasteiger partial charge in [-0.2, -0.15) is 0 Å². The van der Waals surface area contributed by atoms with Crippen molar-refractivity contribution in [2.24, 2.45) is 5.92 Å². The fourth-order valence-electron chi connectivity index (χ4n) is 5.38. The third-order valence-corrected chi connectivity index (χ3v) is 7.49. The molecule has 3 heterocycles. The van der Waals surface area contributed by atoms with Crippen molar-refractivity contribution < 1.29 is 18.7 Å². The maximum atomic E-state index is 13.9. The van der Waals surface area contributed by atoms with E-state index in [9.17, 15) is 9.59 Å². The van der Waals surface area contributed by atoms with Gasteiger partial charge in [-0.25, -0.2) is 0 Å². The Hall–Kier alpha value is -3.22. The lowest BCUT2D eigenvalue weighted by Crippen LogP contribution is -2.65. The molecule has 2 aliphatic rings. The van der Waals surface area contributed by atoms with Crippen molar-refractivity contribution in [3.8, 4) is 5.75 Å². The number of amides is 2. The van der Waals surface area contributed by atoms with Crippen molar-refractivity contribution in [3.05, 3.63) is 53.9 Å². The van der Waals surface area contributed by atoms with Crippen LogP contribution in [-0.2, 0) is 17.9 Å². The summed E-state index contributed by atoms with van der Waals surface area (Å²) in [4.78, 5) is 29.4. The average Bonchev–Trinajstić information content (AvgIpc) is 3.41. The highest BCUT2D eigenvalue weighted by Gasteiger charge is 2.48. The summed E-state index contributed by atoms with van der Waals surface area (Å²) in [5, 5.41) is 3.31. The number of carbonyl (C=O) groups is 2. The van der Waals surface area contributed by atoms with E-state index >= 15 is 0 Å². The van der Waals surface area contributed by atoms with Crippen molar-refractivity contribution in [2.75, 3.05) is 7.11 Å². The number of rotatable bonds is 5. The van der Waals surface area contributed by atoms with Crippen LogP contribution in [0.15, 0.2) is 47.1 Å². The quantitative estimate of drug-likeness (QED) is 0.628. The summed E-state index contributed by atoms with van der Waals surface area (Å²) in [7, 11) is 1.62. The lowest BCUT2D eigenvalue weighted by molar-refractivity contribution is -0.134. The number of aromatic nitrogens is 1. The molecule has 0 spiro atoms. The van der Waals surface area contributed by atoms with Gasteiger partial charge in [-0.15, -0.1) is 0 Å². The minimum atomic E-state index is -1.06. The fourth-order valence-corrected chi connectivity index (χ4v) is 5.38. The highest BCUT2D eigenvalue weighted by Crippen LogP contribution is 2.35. The standard InChI is InChI=1S/C26H31N3O4/c1-17-8-4-6-10-19(17)27-25(31)26(2)16-28-20-12-13-33-23(20)14-21(28)24(30)29(26)15-18-9-5-7-11-22(18)32-3/h5,7,9,11-14,17,19H,4,6,8,10,15-16H2,1-3H3,(H,27,31)/t17-,19-,26+/m0/s1. The summed E-state index contributed by atoms with van der Waals surface area (Å²) < 4.78 is 13.0. The van der Waals surface area contributed by atoms with Crippen LogP contribution < -0.4 is 10.1 Å². The average molecular weight is 450 g/mol. The zero-order chi connectivity index (χ0) is 23.2. The summed E-state index contributed by atoms with van der Waals surface area (Å²) in [6, 6.07) is 11.4. The van der Waals surface area contributed by atoms with E-state index in [1.165, 1.54) is 6.42 Å². The minimum Gasteiger partial charge on any atom is -0.496 e. The van der Waals surface area contributed by atoms with Crippen LogP contribution in [-0.4, -0.2) is 40.0 Å². The Kier molecular flexibility index (Phi) is 5.43. The van der Waals surface area contributed by atoms with Gasteiger partial charge in [0.2, 0.25) is 5.91 Å². The molecular weight excluding hydrogens is 418 g/mol. The second-order valence-corrected chi connectivity index (χ2v) is 9.60. The third kappa shape index (κ3) is 3.59. The number of hydrogen-bond donors (Lipinski definition) is 1. The van der Waals surface area contributed by atoms with Gasteiger partial charge < -0.3 is 23.9 Å². The van der Waals surface area contributed by atoms with E-state index in [-0.39, 0.29) is 24.4 Å². The lowest BCUT2D eigenvalue weighted by atomic mass is 9.85. The molecular formula is C26H31N3O4. The second-order valence-electron chi connectivity index (χ2n) is 9.60. The summed E-state index contributed by atoms with van der Waals surface area (Å²) >= 11 is 0. The smallest absolute Gasteiger partial charge is 0.271 e. The van der Waals surface area contributed by atoms with E-state index in [1.807, 2.05) is 41.8 Å². The first-order valence-corrected chi connectivity index (χ1v) is 11.7. The predicted octanol–water partition coefficient (Wildman–Crippen LogP) is 4.35. The van der Waals surface area contributed by atoms with E-state index in [0.29, 0.717) is 29.5 Å². The maximum Gasteiger partial charge on any atom is 0.271 e. The zero-order valence-electron chi connectivity index (χ0n) is 19.5. The van der Waals surface area contributed by atoms with Crippen LogP contribution in [0.2, 0.25) is 0 Å². The van der Waals surface area contributed by atoms with Crippen molar-refractivity contribution in [1.29, 1.82) is 0 Å². The highest BCUT2D eigenvalue weighted by molar-refractivity contribution is 6.02. The molecule has 0 radical (unpaired) electrons. The molecule has 0 unspecified atom stereocenters. The number of methoxy groups -OCH3 is 1. The lowest BCUT2D eigenvalue weighted by Gasteiger charge is -2.45. The molecule has 2 amide bonds. The Morgan fingerprint density at radius 2 is 2.03 bits per heavy atom. The number of nitrogens with zero attached hydrogens (tertiary/aromatic N) is 2. The Morgan fingerprint density at radius 1 is 1.24 bits per heavy atom. The highest BCUT2D eigenvalue weighted by atomic mass is 16.5. The predicted molar refractivity (Wildman–Crippen MR) is 125 cm³/mol. The number of hydrogen-bond acceptors (Lipinski definition) is 4.